The van der Waals surface area contributed by atoms with E-state index in [1.807, 2.05) is 19.1 Å². The molecule has 0 aromatic carbocycles. The van der Waals surface area contributed by atoms with E-state index in [1.54, 1.807) is 16.2 Å². The van der Waals surface area contributed by atoms with Crippen LogP contribution in [0.1, 0.15) is 22.6 Å². The van der Waals surface area contributed by atoms with Crippen LogP contribution >= 0.6 is 11.3 Å². The molecule has 1 fully saturated rings. The molecular formula is C13H17NO3S. The molecule has 1 atom stereocenters. The lowest BCUT2D eigenvalue weighted by Crippen LogP contribution is -2.42. The summed E-state index contributed by atoms with van der Waals surface area (Å²) in [6.45, 7) is 3.06. The predicted octanol–water partition coefficient (Wildman–Crippen LogP) is 1.92. The van der Waals surface area contributed by atoms with Crippen molar-refractivity contribution in [3.8, 4) is 0 Å². The second kappa shape index (κ2) is 5.52. The lowest BCUT2D eigenvalue weighted by molar-refractivity contribution is -0.145. The molecule has 1 amide bonds. The number of carbonyl (C=O) groups excluding carboxylic acids is 1. The average Bonchev–Trinajstić information content (AvgIpc) is 2.75. The third-order valence-electron chi connectivity index (χ3n) is 3.24. The van der Waals surface area contributed by atoms with Crippen LogP contribution in [0.15, 0.2) is 12.1 Å². The number of hydrogen-bond donors (Lipinski definition) is 1. The third kappa shape index (κ3) is 3.10. The maximum atomic E-state index is 12.1. The number of thiophene rings is 1. The number of piperidine rings is 1. The highest BCUT2D eigenvalue weighted by Crippen LogP contribution is 2.20. The summed E-state index contributed by atoms with van der Waals surface area (Å²) in [6.07, 6.45) is 1.86. The quantitative estimate of drug-likeness (QED) is 0.910. The zero-order valence-corrected chi connectivity index (χ0v) is 11.2. The van der Waals surface area contributed by atoms with Crippen molar-refractivity contribution in [2.24, 2.45) is 5.92 Å². The van der Waals surface area contributed by atoms with E-state index < -0.39 is 11.9 Å². The first-order chi connectivity index (χ1) is 8.56. The van der Waals surface area contributed by atoms with Crippen molar-refractivity contribution in [2.45, 2.75) is 26.2 Å². The molecule has 1 aromatic rings. The van der Waals surface area contributed by atoms with Gasteiger partial charge in [0.2, 0.25) is 5.91 Å². The fourth-order valence-corrected chi connectivity index (χ4v) is 3.13. The molecule has 1 aliphatic heterocycles. The number of rotatable bonds is 3. The molecule has 0 radical (unpaired) electrons. The van der Waals surface area contributed by atoms with Crippen LogP contribution in [-0.2, 0) is 16.0 Å². The highest BCUT2D eigenvalue weighted by Gasteiger charge is 2.28. The molecule has 0 aliphatic carbocycles. The Balaban J connectivity index is 1.94. The van der Waals surface area contributed by atoms with Gasteiger partial charge in [0.15, 0.2) is 0 Å². The van der Waals surface area contributed by atoms with Gasteiger partial charge in [-0.3, -0.25) is 9.59 Å². The third-order valence-corrected chi connectivity index (χ3v) is 4.25. The van der Waals surface area contributed by atoms with Gasteiger partial charge in [0.1, 0.15) is 0 Å². The molecule has 1 aliphatic rings. The lowest BCUT2D eigenvalue weighted by Gasteiger charge is -2.30. The molecule has 0 bridgehead atoms. The van der Waals surface area contributed by atoms with Gasteiger partial charge in [-0.25, -0.2) is 0 Å². The van der Waals surface area contributed by atoms with Gasteiger partial charge >= 0.3 is 5.97 Å². The van der Waals surface area contributed by atoms with E-state index in [0.717, 1.165) is 11.3 Å². The molecule has 2 rings (SSSR count). The summed E-state index contributed by atoms with van der Waals surface area (Å²) in [5, 5.41) is 8.99. The van der Waals surface area contributed by atoms with Crippen molar-refractivity contribution in [1.82, 2.24) is 4.90 Å². The minimum absolute atomic E-state index is 0.0443. The summed E-state index contributed by atoms with van der Waals surface area (Å²) >= 11 is 1.62. The molecule has 0 unspecified atom stereocenters. The minimum atomic E-state index is -0.792. The number of carbonyl (C=O) groups is 2. The SMILES string of the molecule is Cc1ccc(CC(=O)N2CCC[C@@H](C(=O)O)C2)s1. The maximum Gasteiger partial charge on any atom is 0.308 e. The standard InChI is InChI=1S/C13H17NO3S/c1-9-4-5-11(18-9)7-12(15)14-6-2-3-10(8-14)13(16)17/h4-5,10H,2-3,6-8H2,1H3,(H,16,17)/t10-/m1/s1. The zero-order valence-electron chi connectivity index (χ0n) is 10.4. The van der Waals surface area contributed by atoms with Gasteiger partial charge in [0, 0.05) is 22.8 Å². The molecule has 0 spiro atoms. The monoisotopic (exact) mass is 267 g/mol. The van der Waals surface area contributed by atoms with Gasteiger partial charge < -0.3 is 10.0 Å². The van der Waals surface area contributed by atoms with E-state index in [2.05, 4.69) is 0 Å². The number of carboxylic acid groups (broad SMARTS) is 1. The number of amides is 1. The summed E-state index contributed by atoms with van der Waals surface area (Å²) in [7, 11) is 0. The Morgan fingerprint density at radius 2 is 2.28 bits per heavy atom. The second-order valence-corrected chi connectivity index (χ2v) is 6.08. The second-order valence-electron chi connectivity index (χ2n) is 4.71. The summed E-state index contributed by atoms with van der Waals surface area (Å²) in [4.78, 5) is 27.0. The molecule has 18 heavy (non-hydrogen) atoms. The number of likely N-dealkylation sites (tertiary alicyclic amines) is 1. The zero-order chi connectivity index (χ0) is 13.1. The summed E-state index contributed by atoms with van der Waals surface area (Å²) < 4.78 is 0. The average molecular weight is 267 g/mol. The highest BCUT2D eigenvalue weighted by molar-refractivity contribution is 7.12. The van der Waals surface area contributed by atoms with E-state index in [0.29, 0.717) is 25.9 Å². The highest BCUT2D eigenvalue weighted by atomic mass is 32.1. The summed E-state index contributed by atoms with van der Waals surface area (Å²) in [6, 6.07) is 3.97. The Morgan fingerprint density at radius 1 is 1.50 bits per heavy atom. The fourth-order valence-electron chi connectivity index (χ4n) is 2.25. The topological polar surface area (TPSA) is 57.6 Å². The van der Waals surface area contributed by atoms with Gasteiger partial charge in [-0.2, -0.15) is 0 Å². The fraction of sp³-hybridized carbons (Fsp3) is 0.538. The number of carboxylic acids is 1. The Bertz CT molecular complexity index is 455. The molecule has 0 saturated carbocycles. The minimum Gasteiger partial charge on any atom is -0.481 e. The van der Waals surface area contributed by atoms with Crippen LogP contribution in [0.3, 0.4) is 0 Å². The van der Waals surface area contributed by atoms with Crippen LogP contribution in [0.5, 0.6) is 0 Å². The molecule has 5 heteroatoms. The van der Waals surface area contributed by atoms with Crippen LogP contribution < -0.4 is 0 Å². The van der Waals surface area contributed by atoms with E-state index in [-0.39, 0.29) is 5.91 Å². The van der Waals surface area contributed by atoms with Crippen molar-refractivity contribution >= 4 is 23.2 Å². The first kappa shape index (κ1) is 13.1. The van der Waals surface area contributed by atoms with E-state index in [4.69, 9.17) is 5.11 Å². The first-order valence-electron chi connectivity index (χ1n) is 6.12. The van der Waals surface area contributed by atoms with Crippen molar-refractivity contribution in [3.63, 3.8) is 0 Å². The van der Waals surface area contributed by atoms with Gasteiger partial charge in [-0.15, -0.1) is 11.3 Å². The van der Waals surface area contributed by atoms with Gasteiger partial charge in [0.05, 0.1) is 12.3 Å². The lowest BCUT2D eigenvalue weighted by atomic mass is 9.98. The van der Waals surface area contributed by atoms with Crippen molar-refractivity contribution in [2.75, 3.05) is 13.1 Å². The maximum absolute atomic E-state index is 12.1. The van der Waals surface area contributed by atoms with E-state index >= 15 is 0 Å². The molecule has 1 aromatic heterocycles. The predicted molar refractivity (Wildman–Crippen MR) is 69.7 cm³/mol. The molecular weight excluding hydrogens is 250 g/mol. The number of nitrogens with zero attached hydrogens (tertiary/aromatic N) is 1. The number of aliphatic carboxylic acids is 1. The van der Waals surface area contributed by atoms with Crippen molar-refractivity contribution < 1.29 is 14.7 Å². The normalized spacial score (nSPS) is 19.8. The number of hydrogen-bond acceptors (Lipinski definition) is 3. The van der Waals surface area contributed by atoms with Crippen LogP contribution in [-0.4, -0.2) is 35.0 Å². The van der Waals surface area contributed by atoms with Crippen LogP contribution in [0, 0.1) is 12.8 Å². The largest absolute Gasteiger partial charge is 0.481 e. The Morgan fingerprint density at radius 3 is 2.89 bits per heavy atom. The van der Waals surface area contributed by atoms with Gasteiger partial charge in [-0.1, -0.05) is 0 Å². The summed E-state index contributed by atoms with van der Waals surface area (Å²) in [5.74, 6) is -1.14. The smallest absolute Gasteiger partial charge is 0.308 e. The number of aryl methyl sites for hydroxylation is 1. The van der Waals surface area contributed by atoms with Gasteiger partial charge in [-0.05, 0) is 31.9 Å². The first-order valence-corrected chi connectivity index (χ1v) is 6.94. The summed E-state index contributed by atoms with van der Waals surface area (Å²) in [5.41, 5.74) is 0. The van der Waals surface area contributed by atoms with E-state index in [9.17, 15) is 9.59 Å². The molecule has 98 valence electrons. The molecule has 1 N–H and O–H groups in total. The van der Waals surface area contributed by atoms with Crippen LogP contribution in [0.2, 0.25) is 0 Å². The van der Waals surface area contributed by atoms with E-state index in [1.165, 1.54) is 4.88 Å². The molecule has 2 heterocycles. The van der Waals surface area contributed by atoms with Crippen LogP contribution in [0.25, 0.3) is 0 Å². The van der Waals surface area contributed by atoms with Crippen molar-refractivity contribution in [1.29, 1.82) is 0 Å². The molecule has 1 saturated heterocycles. The van der Waals surface area contributed by atoms with Crippen LogP contribution in [0.4, 0.5) is 0 Å². The Hall–Kier alpha value is -1.36. The Kier molecular flexibility index (Phi) is 4.01. The van der Waals surface area contributed by atoms with Crippen molar-refractivity contribution in [3.05, 3.63) is 21.9 Å². The Labute approximate surface area is 110 Å². The van der Waals surface area contributed by atoms with Gasteiger partial charge in [0.25, 0.3) is 0 Å². The molecule has 4 nitrogen and oxygen atoms in total.